The molecule has 2 heterocycles. The predicted molar refractivity (Wildman–Crippen MR) is 76.9 cm³/mol. The molecule has 0 bridgehead atoms. The van der Waals surface area contributed by atoms with Crippen molar-refractivity contribution in [1.82, 2.24) is 15.0 Å². The number of aromatic nitrogens is 3. The fraction of sp³-hybridized carbons (Fsp3) is 0.0714. The molecular weight excluding hydrogens is 254 g/mol. The van der Waals surface area contributed by atoms with Crippen LogP contribution in [0.25, 0.3) is 22.6 Å². The van der Waals surface area contributed by atoms with Crippen LogP contribution in [0.15, 0.2) is 36.4 Å². The van der Waals surface area contributed by atoms with Gasteiger partial charge in [-0.05, 0) is 6.07 Å². The lowest BCUT2D eigenvalue weighted by Crippen LogP contribution is -2.10. The van der Waals surface area contributed by atoms with Crippen LogP contribution in [0.4, 0.5) is 0 Å². The van der Waals surface area contributed by atoms with Gasteiger partial charge in [0, 0.05) is 17.2 Å². The molecular formula is C14H13N5O. The van der Waals surface area contributed by atoms with Gasteiger partial charge in [0.1, 0.15) is 11.7 Å². The Kier molecular flexibility index (Phi) is 2.83. The lowest BCUT2D eigenvalue weighted by molar-refractivity contribution is 0.399. The van der Waals surface area contributed by atoms with Crippen LogP contribution >= 0.6 is 0 Å². The number of nitrogens with zero attached hydrogens (tertiary/aromatic N) is 2. The SMILES string of the molecule is COc1ccc2[nH]c(-c3ccc(C(=N)N)cc3)nc2n1. The average Bonchev–Trinajstić information content (AvgIpc) is 2.90. The molecule has 0 saturated heterocycles. The monoisotopic (exact) mass is 267 g/mol. The molecule has 100 valence electrons. The molecule has 1 aromatic carbocycles. The van der Waals surface area contributed by atoms with Crippen molar-refractivity contribution < 1.29 is 4.74 Å². The number of ether oxygens (including phenoxy) is 1. The lowest BCUT2D eigenvalue weighted by atomic mass is 10.1. The molecule has 0 aliphatic rings. The zero-order valence-electron chi connectivity index (χ0n) is 10.8. The molecule has 3 aromatic rings. The standard InChI is InChI=1S/C14H13N5O/c1-20-11-7-6-10-14(18-11)19-13(17-10)9-4-2-8(3-5-9)12(15)16/h2-7H,1H3,(H3,15,16)(H,17,18,19). The first-order valence-corrected chi connectivity index (χ1v) is 6.03. The minimum atomic E-state index is 0.0487. The van der Waals surface area contributed by atoms with Crippen LogP contribution in [0.5, 0.6) is 5.88 Å². The molecule has 6 nitrogen and oxygen atoms in total. The van der Waals surface area contributed by atoms with Crippen LogP contribution < -0.4 is 10.5 Å². The van der Waals surface area contributed by atoms with Crippen LogP contribution in [0.1, 0.15) is 5.56 Å². The Balaban J connectivity index is 2.03. The highest BCUT2D eigenvalue weighted by atomic mass is 16.5. The number of imidazole rings is 1. The summed E-state index contributed by atoms with van der Waals surface area (Å²) < 4.78 is 5.08. The van der Waals surface area contributed by atoms with E-state index in [-0.39, 0.29) is 5.84 Å². The number of hydrogen-bond donors (Lipinski definition) is 3. The van der Waals surface area contributed by atoms with Crippen LogP contribution in [-0.4, -0.2) is 27.9 Å². The number of pyridine rings is 1. The molecule has 0 radical (unpaired) electrons. The summed E-state index contributed by atoms with van der Waals surface area (Å²) in [6, 6.07) is 11.0. The van der Waals surface area contributed by atoms with Gasteiger partial charge in [-0.3, -0.25) is 5.41 Å². The van der Waals surface area contributed by atoms with Gasteiger partial charge in [0.05, 0.1) is 12.6 Å². The Bertz CT molecular complexity index is 776. The van der Waals surface area contributed by atoms with Crippen molar-refractivity contribution in [1.29, 1.82) is 5.41 Å². The maximum absolute atomic E-state index is 7.37. The first-order valence-electron chi connectivity index (χ1n) is 6.03. The van der Waals surface area contributed by atoms with Gasteiger partial charge in [-0.1, -0.05) is 24.3 Å². The molecule has 0 spiro atoms. The van der Waals surface area contributed by atoms with E-state index in [0.717, 1.165) is 16.9 Å². The molecule has 0 saturated carbocycles. The quantitative estimate of drug-likeness (QED) is 0.498. The van der Waals surface area contributed by atoms with Gasteiger partial charge in [0.2, 0.25) is 5.88 Å². The topological polar surface area (TPSA) is 101 Å². The van der Waals surface area contributed by atoms with E-state index in [0.29, 0.717) is 17.1 Å². The van der Waals surface area contributed by atoms with Gasteiger partial charge in [-0.2, -0.15) is 4.98 Å². The van der Waals surface area contributed by atoms with Gasteiger partial charge in [0.25, 0.3) is 0 Å². The number of nitrogens with one attached hydrogen (secondary N) is 2. The molecule has 2 aromatic heterocycles. The number of H-pyrrole nitrogens is 1. The molecule has 4 N–H and O–H groups in total. The largest absolute Gasteiger partial charge is 0.481 e. The molecule has 0 aliphatic carbocycles. The first-order chi connectivity index (χ1) is 9.67. The van der Waals surface area contributed by atoms with Gasteiger partial charge in [0.15, 0.2) is 5.65 Å². The first kappa shape index (κ1) is 12.2. The van der Waals surface area contributed by atoms with E-state index in [1.807, 2.05) is 18.2 Å². The van der Waals surface area contributed by atoms with E-state index in [4.69, 9.17) is 15.9 Å². The summed E-state index contributed by atoms with van der Waals surface area (Å²) in [7, 11) is 1.57. The Hall–Kier alpha value is -2.89. The Morgan fingerprint density at radius 3 is 2.55 bits per heavy atom. The summed E-state index contributed by atoms with van der Waals surface area (Å²) in [5, 5.41) is 7.37. The van der Waals surface area contributed by atoms with Gasteiger partial charge >= 0.3 is 0 Å². The summed E-state index contributed by atoms with van der Waals surface area (Å²) >= 11 is 0. The second-order valence-corrected chi connectivity index (χ2v) is 4.30. The highest BCUT2D eigenvalue weighted by Gasteiger charge is 2.07. The maximum atomic E-state index is 7.37. The third-order valence-electron chi connectivity index (χ3n) is 3.00. The van der Waals surface area contributed by atoms with E-state index in [1.54, 1.807) is 25.3 Å². The number of aromatic amines is 1. The van der Waals surface area contributed by atoms with Crippen molar-refractivity contribution in [3.8, 4) is 17.3 Å². The highest BCUT2D eigenvalue weighted by molar-refractivity contribution is 5.95. The molecule has 0 aliphatic heterocycles. The number of hydrogen-bond acceptors (Lipinski definition) is 4. The summed E-state index contributed by atoms with van der Waals surface area (Å²) in [6.07, 6.45) is 0. The van der Waals surface area contributed by atoms with Crippen molar-refractivity contribution in [3.05, 3.63) is 42.0 Å². The fourth-order valence-corrected chi connectivity index (χ4v) is 1.93. The van der Waals surface area contributed by atoms with Crippen molar-refractivity contribution in [2.45, 2.75) is 0 Å². The normalized spacial score (nSPS) is 10.7. The van der Waals surface area contributed by atoms with Crippen LogP contribution in [0, 0.1) is 5.41 Å². The third-order valence-corrected chi connectivity index (χ3v) is 3.00. The highest BCUT2D eigenvalue weighted by Crippen LogP contribution is 2.21. The lowest BCUT2D eigenvalue weighted by Gasteiger charge is -1.99. The minimum absolute atomic E-state index is 0.0487. The van der Waals surface area contributed by atoms with E-state index >= 15 is 0 Å². The average molecular weight is 267 g/mol. The molecule has 0 amide bonds. The number of methoxy groups -OCH3 is 1. The molecule has 0 unspecified atom stereocenters. The van der Waals surface area contributed by atoms with Crippen LogP contribution in [0.3, 0.4) is 0 Å². The van der Waals surface area contributed by atoms with E-state index in [9.17, 15) is 0 Å². The van der Waals surface area contributed by atoms with E-state index in [1.165, 1.54) is 0 Å². The van der Waals surface area contributed by atoms with Gasteiger partial charge < -0.3 is 15.5 Å². The summed E-state index contributed by atoms with van der Waals surface area (Å²) in [4.78, 5) is 11.9. The number of fused-ring (bicyclic) bond motifs is 1. The Labute approximate surface area is 115 Å². The van der Waals surface area contributed by atoms with Crippen molar-refractivity contribution >= 4 is 17.0 Å². The van der Waals surface area contributed by atoms with Crippen LogP contribution in [-0.2, 0) is 0 Å². The van der Waals surface area contributed by atoms with Crippen LogP contribution in [0.2, 0.25) is 0 Å². The Morgan fingerprint density at radius 1 is 1.15 bits per heavy atom. The van der Waals surface area contributed by atoms with E-state index < -0.39 is 0 Å². The number of nitrogens with two attached hydrogens (primary N) is 1. The third kappa shape index (κ3) is 2.07. The number of nitrogen functional groups attached to an aromatic ring is 1. The Morgan fingerprint density at radius 2 is 1.90 bits per heavy atom. The van der Waals surface area contributed by atoms with E-state index in [2.05, 4.69) is 15.0 Å². The summed E-state index contributed by atoms with van der Waals surface area (Å²) in [5.41, 5.74) is 8.48. The zero-order chi connectivity index (χ0) is 14.1. The molecule has 20 heavy (non-hydrogen) atoms. The maximum Gasteiger partial charge on any atom is 0.215 e. The number of amidine groups is 1. The molecule has 6 heteroatoms. The number of rotatable bonds is 3. The summed E-state index contributed by atoms with van der Waals surface area (Å²) in [6.45, 7) is 0. The zero-order valence-corrected chi connectivity index (χ0v) is 10.8. The smallest absolute Gasteiger partial charge is 0.215 e. The summed E-state index contributed by atoms with van der Waals surface area (Å²) in [5.74, 6) is 1.30. The van der Waals surface area contributed by atoms with Crippen molar-refractivity contribution in [2.75, 3.05) is 7.11 Å². The molecule has 0 fully saturated rings. The van der Waals surface area contributed by atoms with Gasteiger partial charge in [-0.15, -0.1) is 0 Å². The van der Waals surface area contributed by atoms with Crippen molar-refractivity contribution in [3.63, 3.8) is 0 Å². The predicted octanol–water partition coefficient (Wildman–Crippen LogP) is 1.92. The van der Waals surface area contributed by atoms with Crippen molar-refractivity contribution in [2.24, 2.45) is 5.73 Å². The molecule has 3 rings (SSSR count). The minimum Gasteiger partial charge on any atom is -0.481 e. The van der Waals surface area contributed by atoms with Gasteiger partial charge in [-0.25, -0.2) is 4.98 Å². The fourth-order valence-electron chi connectivity index (χ4n) is 1.93. The molecule has 0 atom stereocenters. The number of benzene rings is 1. The second kappa shape index (κ2) is 4.65. The second-order valence-electron chi connectivity index (χ2n) is 4.30.